The van der Waals surface area contributed by atoms with Crippen molar-refractivity contribution in [1.82, 2.24) is 0 Å². The number of ether oxygens (including phenoxy) is 2. The summed E-state index contributed by atoms with van der Waals surface area (Å²) in [7, 11) is 0. The average Bonchev–Trinajstić information content (AvgIpc) is 2.71. The van der Waals surface area contributed by atoms with E-state index in [1.807, 2.05) is 13.0 Å². The zero-order valence-corrected chi connectivity index (χ0v) is 16.1. The molecule has 28 heavy (non-hydrogen) atoms. The zero-order valence-electron chi connectivity index (χ0n) is 16.1. The monoisotopic (exact) mass is 383 g/mol. The maximum Gasteiger partial charge on any atom is 0.307 e. The van der Waals surface area contributed by atoms with Crippen LogP contribution in [-0.4, -0.2) is 30.4 Å². The Bertz CT molecular complexity index is 786. The predicted octanol–water partition coefficient (Wildman–Crippen LogP) is 4.01. The number of anilines is 1. The van der Waals surface area contributed by atoms with Gasteiger partial charge in [-0.2, -0.15) is 0 Å². The van der Waals surface area contributed by atoms with Crippen LogP contribution in [0.3, 0.4) is 0 Å². The van der Waals surface area contributed by atoms with E-state index in [4.69, 9.17) is 9.47 Å². The van der Waals surface area contributed by atoms with E-state index in [0.29, 0.717) is 23.6 Å². The number of esters is 1. The van der Waals surface area contributed by atoms with Crippen LogP contribution in [0.15, 0.2) is 54.6 Å². The van der Waals surface area contributed by atoms with Crippen LogP contribution in [-0.2, 0) is 14.3 Å². The van der Waals surface area contributed by atoms with Crippen molar-refractivity contribution in [2.24, 2.45) is 0 Å². The first-order valence-electron chi connectivity index (χ1n) is 9.31. The number of amides is 1. The van der Waals surface area contributed by atoms with Gasteiger partial charge in [-0.05, 0) is 49.7 Å². The number of nitrogens with one attached hydrogen (secondary N) is 1. The van der Waals surface area contributed by atoms with Gasteiger partial charge >= 0.3 is 5.97 Å². The van der Waals surface area contributed by atoms with Crippen molar-refractivity contribution < 1.29 is 23.9 Å². The van der Waals surface area contributed by atoms with Gasteiger partial charge in [0.1, 0.15) is 5.75 Å². The van der Waals surface area contributed by atoms with Crippen LogP contribution in [0, 0.1) is 0 Å². The number of carbonyl (C=O) groups is 3. The molecule has 2 rings (SSSR count). The van der Waals surface area contributed by atoms with E-state index in [1.165, 1.54) is 6.92 Å². The Morgan fingerprint density at radius 2 is 1.64 bits per heavy atom. The minimum absolute atomic E-state index is 0.0149. The van der Waals surface area contributed by atoms with Crippen molar-refractivity contribution in [3.05, 3.63) is 60.2 Å². The summed E-state index contributed by atoms with van der Waals surface area (Å²) < 4.78 is 10.6. The van der Waals surface area contributed by atoms with E-state index in [2.05, 4.69) is 5.32 Å². The quantitative estimate of drug-likeness (QED) is 0.495. The van der Waals surface area contributed by atoms with Crippen molar-refractivity contribution >= 4 is 23.3 Å². The number of rotatable bonds is 10. The number of ketones is 1. The number of hydrogen-bond acceptors (Lipinski definition) is 5. The Morgan fingerprint density at radius 3 is 2.29 bits per heavy atom. The van der Waals surface area contributed by atoms with Gasteiger partial charge in [0.25, 0.3) is 5.91 Å². The van der Waals surface area contributed by atoms with Crippen molar-refractivity contribution in [2.75, 3.05) is 11.9 Å². The molecule has 6 heteroatoms. The van der Waals surface area contributed by atoms with Gasteiger partial charge in [0, 0.05) is 17.7 Å². The number of carbonyl (C=O) groups excluding carboxylic acids is 3. The molecule has 0 aliphatic heterocycles. The molecule has 1 N–H and O–H groups in total. The molecule has 0 unspecified atom stereocenters. The van der Waals surface area contributed by atoms with Crippen molar-refractivity contribution in [3.63, 3.8) is 0 Å². The minimum atomic E-state index is -0.946. The molecule has 2 aromatic rings. The predicted molar refractivity (Wildman–Crippen MR) is 106 cm³/mol. The van der Waals surface area contributed by atoms with Crippen LogP contribution < -0.4 is 10.1 Å². The maximum absolute atomic E-state index is 12.2. The summed E-state index contributed by atoms with van der Waals surface area (Å²) >= 11 is 0. The first-order valence-corrected chi connectivity index (χ1v) is 9.31. The topological polar surface area (TPSA) is 81.7 Å². The third-order valence-corrected chi connectivity index (χ3v) is 3.92. The molecule has 0 saturated carbocycles. The molecule has 148 valence electrons. The highest BCUT2D eigenvalue weighted by Crippen LogP contribution is 2.15. The van der Waals surface area contributed by atoms with Crippen LogP contribution in [0.5, 0.6) is 5.75 Å². The van der Waals surface area contributed by atoms with Crippen molar-refractivity contribution in [3.8, 4) is 5.75 Å². The highest BCUT2D eigenvalue weighted by Gasteiger charge is 2.19. The number of hydrogen-bond donors (Lipinski definition) is 1. The zero-order chi connectivity index (χ0) is 20.4. The second-order valence-corrected chi connectivity index (χ2v) is 6.28. The third-order valence-electron chi connectivity index (χ3n) is 3.92. The molecule has 0 aliphatic carbocycles. The molecule has 0 aliphatic rings. The molecule has 1 atom stereocenters. The standard InChI is InChI=1S/C22H25NO5/c1-3-15-27-19-11-9-17(10-12-19)20(24)13-14-21(25)28-16(2)22(26)23-18-7-5-4-6-8-18/h4-12,16H,3,13-15H2,1-2H3,(H,23,26)/t16-/m1/s1. The number of para-hydroxylation sites is 1. The molecule has 0 aromatic heterocycles. The first-order chi connectivity index (χ1) is 13.5. The lowest BCUT2D eigenvalue weighted by Gasteiger charge is -2.13. The van der Waals surface area contributed by atoms with Gasteiger partial charge < -0.3 is 14.8 Å². The lowest BCUT2D eigenvalue weighted by Crippen LogP contribution is -2.30. The van der Waals surface area contributed by atoms with Crippen LogP contribution >= 0.6 is 0 Å². The highest BCUT2D eigenvalue weighted by molar-refractivity contribution is 5.98. The second-order valence-electron chi connectivity index (χ2n) is 6.28. The molecule has 0 heterocycles. The van der Waals surface area contributed by atoms with Crippen molar-refractivity contribution in [1.29, 1.82) is 0 Å². The lowest BCUT2D eigenvalue weighted by atomic mass is 10.1. The Hall–Kier alpha value is -3.15. The molecule has 2 aromatic carbocycles. The van der Waals surface area contributed by atoms with Gasteiger partial charge in [-0.15, -0.1) is 0 Å². The fourth-order valence-electron chi connectivity index (χ4n) is 2.39. The Labute approximate surface area is 164 Å². The summed E-state index contributed by atoms with van der Waals surface area (Å²) in [6.45, 7) is 4.13. The molecule has 0 bridgehead atoms. The molecular weight excluding hydrogens is 358 g/mol. The van der Waals surface area contributed by atoms with E-state index < -0.39 is 18.0 Å². The van der Waals surface area contributed by atoms with E-state index >= 15 is 0 Å². The summed E-state index contributed by atoms with van der Waals surface area (Å²) in [5.41, 5.74) is 1.13. The van der Waals surface area contributed by atoms with E-state index in [0.717, 1.165) is 6.42 Å². The summed E-state index contributed by atoms with van der Waals surface area (Å²) in [6, 6.07) is 15.7. The smallest absolute Gasteiger partial charge is 0.307 e. The SMILES string of the molecule is CCCOc1ccc(C(=O)CCC(=O)O[C@H](C)C(=O)Nc2ccccc2)cc1. The largest absolute Gasteiger partial charge is 0.494 e. The Morgan fingerprint density at radius 1 is 0.964 bits per heavy atom. The molecule has 0 saturated heterocycles. The molecule has 1 amide bonds. The average molecular weight is 383 g/mol. The third kappa shape index (κ3) is 6.87. The molecule has 0 radical (unpaired) electrons. The summed E-state index contributed by atoms with van der Waals surface area (Å²) in [6.07, 6.45) is -0.112. The Balaban J connectivity index is 1.76. The van der Waals surface area contributed by atoms with Gasteiger partial charge in [0.2, 0.25) is 0 Å². The van der Waals surface area contributed by atoms with Gasteiger partial charge in [0.15, 0.2) is 11.9 Å². The van der Waals surface area contributed by atoms with E-state index in [1.54, 1.807) is 48.5 Å². The lowest BCUT2D eigenvalue weighted by molar-refractivity contribution is -0.153. The van der Waals surface area contributed by atoms with Gasteiger partial charge in [-0.3, -0.25) is 14.4 Å². The normalized spacial score (nSPS) is 11.4. The molecule has 0 fully saturated rings. The minimum Gasteiger partial charge on any atom is -0.494 e. The summed E-state index contributed by atoms with van der Waals surface area (Å²) in [5, 5.41) is 2.66. The fourth-order valence-corrected chi connectivity index (χ4v) is 2.39. The van der Waals surface area contributed by atoms with Crippen LogP contribution in [0.1, 0.15) is 43.5 Å². The fraction of sp³-hybridized carbons (Fsp3) is 0.318. The van der Waals surface area contributed by atoms with E-state index in [9.17, 15) is 14.4 Å². The van der Waals surface area contributed by atoms with E-state index in [-0.39, 0.29) is 18.6 Å². The molecular formula is C22H25NO5. The van der Waals surface area contributed by atoms with Gasteiger partial charge in [-0.25, -0.2) is 0 Å². The number of benzene rings is 2. The van der Waals surface area contributed by atoms with Gasteiger partial charge in [0.05, 0.1) is 13.0 Å². The summed E-state index contributed by atoms with van der Waals surface area (Å²) in [4.78, 5) is 36.2. The van der Waals surface area contributed by atoms with Gasteiger partial charge in [-0.1, -0.05) is 25.1 Å². The maximum atomic E-state index is 12.2. The highest BCUT2D eigenvalue weighted by atomic mass is 16.5. The summed E-state index contributed by atoms with van der Waals surface area (Å²) in [5.74, 6) is -0.475. The van der Waals surface area contributed by atoms with Crippen LogP contribution in [0.2, 0.25) is 0 Å². The van der Waals surface area contributed by atoms with Crippen LogP contribution in [0.25, 0.3) is 0 Å². The molecule has 0 spiro atoms. The molecule has 6 nitrogen and oxygen atoms in total. The Kier molecular flexibility index (Phi) is 8.21. The van der Waals surface area contributed by atoms with Crippen LogP contribution in [0.4, 0.5) is 5.69 Å². The van der Waals surface area contributed by atoms with Crippen molar-refractivity contribution in [2.45, 2.75) is 39.2 Å². The first kappa shape index (κ1) is 21.2. The number of Topliss-reactive ketones (excluding diaryl/α,β-unsaturated/α-hetero) is 1. The second kappa shape index (κ2) is 10.9.